The molecule has 0 aliphatic rings. The van der Waals surface area contributed by atoms with Crippen LogP contribution in [0.25, 0.3) is 21.1 Å². The molecule has 0 fully saturated rings. The second kappa shape index (κ2) is 6.61. The van der Waals surface area contributed by atoms with Gasteiger partial charge in [-0.15, -0.1) is 17.9 Å². The van der Waals surface area contributed by atoms with Gasteiger partial charge in [0.25, 0.3) is 5.91 Å². The number of rotatable bonds is 4. The molecular weight excluding hydrogens is 346 g/mol. The number of hydrogen-bond donors (Lipinski definition) is 0. The van der Waals surface area contributed by atoms with Crippen LogP contribution in [-0.2, 0) is 0 Å². The third-order valence-electron chi connectivity index (χ3n) is 4.12. The Morgan fingerprint density at radius 1 is 1.08 bits per heavy atom. The van der Waals surface area contributed by atoms with Crippen molar-refractivity contribution in [1.82, 2.24) is 0 Å². The van der Waals surface area contributed by atoms with E-state index in [1.165, 1.54) is 11.3 Å². The Labute approximate surface area is 153 Å². The maximum atomic E-state index is 13.1. The SMILES string of the molecule is C=CCN(C(=O)c1cc2c(=O)oc3ccccc3c2s1)c1ccccc1. The van der Waals surface area contributed by atoms with Crippen LogP contribution in [0.5, 0.6) is 0 Å². The van der Waals surface area contributed by atoms with Crippen molar-refractivity contribution in [2.45, 2.75) is 0 Å². The van der Waals surface area contributed by atoms with Gasteiger partial charge in [0.2, 0.25) is 0 Å². The normalized spacial score (nSPS) is 10.9. The van der Waals surface area contributed by atoms with E-state index in [4.69, 9.17) is 4.42 Å². The summed E-state index contributed by atoms with van der Waals surface area (Å²) in [5.74, 6) is -0.166. The Morgan fingerprint density at radius 2 is 1.81 bits per heavy atom. The van der Waals surface area contributed by atoms with E-state index in [1.807, 2.05) is 48.5 Å². The van der Waals surface area contributed by atoms with Crippen LogP contribution >= 0.6 is 11.3 Å². The molecule has 0 atom stereocenters. The zero-order chi connectivity index (χ0) is 18.1. The van der Waals surface area contributed by atoms with Crippen LogP contribution in [0.15, 0.2) is 82.5 Å². The lowest BCUT2D eigenvalue weighted by Crippen LogP contribution is -2.30. The molecule has 0 unspecified atom stereocenters. The standard InChI is InChI=1S/C21H15NO3S/c1-2-12-22(14-8-4-3-5-9-14)20(23)18-13-16-19(26-18)15-10-6-7-11-17(15)25-21(16)24/h2-11,13H,1,12H2. The van der Waals surface area contributed by atoms with E-state index < -0.39 is 5.63 Å². The Kier molecular flexibility index (Phi) is 4.14. The third-order valence-corrected chi connectivity index (χ3v) is 5.28. The van der Waals surface area contributed by atoms with Crippen LogP contribution in [0.2, 0.25) is 0 Å². The lowest BCUT2D eigenvalue weighted by molar-refractivity contribution is 0.0993. The molecule has 2 aromatic carbocycles. The Bertz CT molecular complexity index is 1170. The zero-order valence-electron chi connectivity index (χ0n) is 13.8. The lowest BCUT2D eigenvalue weighted by atomic mass is 10.2. The molecule has 4 aromatic rings. The van der Waals surface area contributed by atoms with Gasteiger partial charge in [0.1, 0.15) is 5.58 Å². The molecule has 1 amide bonds. The van der Waals surface area contributed by atoms with Crippen LogP contribution < -0.4 is 10.5 Å². The van der Waals surface area contributed by atoms with E-state index in [9.17, 15) is 9.59 Å². The van der Waals surface area contributed by atoms with Crippen LogP contribution in [0.4, 0.5) is 5.69 Å². The van der Waals surface area contributed by atoms with Gasteiger partial charge in [0.05, 0.1) is 15.0 Å². The van der Waals surface area contributed by atoms with E-state index in [0.717, 1.165) is 15.8 Å². The summed E-state index contributed by atoms with van der Waals surface area (Å²) in [6, 6.07) is 18.4. The van der Waals surface area contributed by atoms with Gasteiger partial charge in [-0.1, -0.05) is 36.4 Å². The summed E-state index contributed by atoms with van der Waals surface area (Å²) in [5.41, 5.74) is 0.882. The highest BCUT2D eigenvalue weighted by Crippen LogP contribution is 2.31. The summed E-state index contributed by atoms with van der Waals surface area (Å²) in [6.07, 6.45) is 1.68. The molecule has 4 nitrogen and oxygen atoms in total. The predicted octanol–water partition coefficient (Wildman–Crippen LogP) is 4.84. The van der Waals surface area contributed by atoms with Crippen LogP contribution in [0, 0.1) is 0 Å². The molecule has 0 spiro atoms. The van der Waals surface area contributed by atoms with E-state index in [1.54, 1.807) is 23.1 Å². The Hall–Kier alpha value is -3.18. The van der Waals surface area contributed by atoms with Gasteiger partial charge < -0.3 is 9.32 Å². The van der Waals surface area contributed by atoms with Gasteiger partial charge in [-0.25, -0.2) is 4.79 Å². The fraction of sp³-hybridized carbons (Fsp3) is 0.0476. The molecule has 0 bridgehead atoms. The lowest BCUT2D eigenvalue weighted by Gasteiger charge is -2.20. The number of anilines is 1. The van der Waals surface area contributed by atoms with Gasteiger partial charge in [-0.3, -0.25) is 4.79 Å². The van der Waals surface area contributed by atoms with Gasteiger partial charge in [0.15, 0.2) is 0 Å². The first-order valence-corrected chi connectivity index (χ1v) is 8.94. The number of carbonyl (C=O) groups excluding carboxylic acids is 1. The number of amides is 1. The molecule has 4 rings (SSSR count). The average molecular weight is 361 g/mol. The number of thiophene rings is 1. The fourth-order valence-electron chi connectivity index (χ4n) is 2.92. The Morgan fingerprint density at radius 3 is 2.58 bits per heavy atom. The highest BCUT2D eigenvalue weighted by molar-refractivity contribution is 7.21. The van der Waals surface area contributed by atoms with Crippen LogP contribution in [0.1, 0.15) is 9.67 Å². The number of hydrogen-bond acceptors (Lipinski definition) is 4. The summed E-state index contributed by atoms with van der Waals surface area (Å²) in [5, 5.41) is 1.27. The van der Waals surface area contributed by atoms with E-state index in [-0.39, 0.29) is 5.91 Å². The molecule has 0 saturated carbocycles. The highest BCUT2D eigenvalue weighted by atomic mass is 32.1. The Balaban J connectivity index is 1.86. The van der Waals surface area contributed by atoms with Crippen molar-refractivity contribution in [3.05, 3.63) is 88.6 Å². The quantitative estimate of drug-likeness (QED) is 0.386. The molecule has 0 aliphatic carbocycles. The van der Waals surface area contributed by atoms with Gasteiger partial charge >= 0.3 is 5.63 Å². The maximum absolute atomic E-state index is 13.1. The summed E-state index contributed by atoms with van der Waals surface area (Å²) >= 11 is 1.31. The van der Waals surface area contributed by atoms with E-state index >= 15 is 0 Å². The van der Waals surface area contributed by atoms with Crippen molar-refractivity contribution < 1.29 is 9.21 Å². The minimum absolute atomic E-state index is 0.166. The van der Waals surface area contributed by atoms with E-state index in [2.05, 4.69) is 6.58 Å². The molecule has 5 heteroatoms. The maximum Gasteiger partial charge on any atom is 0.345 e. The van der Waals surface area contributed by atoms with Gasteiger partial charge in [-0.2, -0.15) is 0 Å². The second-order valence-electron chi connectivity index (χ2n) is 5.78. The van der Waals surface area contributed by atoms with Gasteiger partial charge in [0, 0.05) is 17.6 Å². The average Bonchev–Trinajstić information content (AvgIpc) is 3.13. The van der Waals surface area contributed by atoms with Crippen molar-refractivity contribution in [2.75, 3.05) is 11.4 Å². The molecule has 128 valence electrons. The first-order valence-electron chi connectivity index (χ1n) is 8.12. The monoisotopic (exact) mass is 361 g/mol. The molecule has 0 saturated heterocycles. The smallest absolute Gasteiger partial charge is 0.345 e. The molecular formula is C21H15NO3S. The van der Waals surface area contributed by atoms with Crippen molar-refractivity contribution in [3.63, 3.8) is 0 Å². The first-order chi connectivity index (χ1) is 12.7. The minimum atomic E-state index is -0.427. The molecule has 2 heterocycles. The van der Waals surface area contributed by atoms with E-state index in [0.29, 0.717) is 22.4 Å². The molecule has 0 N–H and O–H groups in total. The van der Waals surface area contributed by atoms with Crippen molar-refractivity contribution in [2.24, 2.45) is 0 Å². The highest BCUT2D eigenvalue weighted by Gasteiger charge is 2.21. The molecule has 26 heavy (non-hydrogen) atoms. The molecule has 2 aromatic heterocycles. The van der Waals surface area contributed by atoms with Crippen LogP contribution in [0.3, 0.4) is 0 Å². The second-order valence-corrected chi connectivity index (χ2v) is 6.83. The number of carbonyl (C=O) groups is 1. The minimum Gasteiger partial charge on any atom is -0.422 e. The van der Waals surface area contributed by atoms with Gasteiger partial charge in [-0.05, 0) is 30.3 Å². The largest absolute Gasteiger partial charge is 0.422 e. The number of nitrogens with zero attached hydrogens (tertiary/aromatic N) is 1. The van der Waals surface area contributed by atoms with Crippen molar-refractivity contribution in [3.8, 4) is 0 Å². The summed E-state index contributed by atoms with van der Waals surface area (Å²) < 4.78 is 6.14. The predicted molar refractivity (Wildman–Crippen MR) is 106 cm³/mol. The molecule has 0 aliphatic heterocycles. The fourth-order valence-corrected chi connectivity index (χ4v) is 4.05. The summed E-state index contributed by atoms with van der Waals surface area (Å²) in [7, 11) is 0. The third kappa shape index (κ3) is 2.72. The number of benzene rings is 2. The number of para-hydroxylation sites is 2. The van der Waals surface area contributed by atoms with Crippen molar-refractivity contribution in [1.29, 1.82) is 0 Å². The molecule has 0 radical (unpaired) electrons. The van der Waals surface area contributed by atoms with Crippen molar-refractivity contribution >= 4 is 44.0 Å². The first kappa shape index (κ1) is 16.3. The summed E-state index contributed by atoms with van der Waals surface area (Å²) in [6.45, 7) is 4.13. The topological polar surface area (TPSA) is 50.5 Å². The summed E-state index contributed by atoms with van der Waals surface area (Å²) in [4.78, 5) is 27.5. The van der Waals surface area contributed by atoms with Crippen LogP contribution in [-0.4, -0.2) is 12.5 Å². The zero-order valence-corrected chi connectivity index (χ0v) is 14.7. The number of fused-ring (bicyclic) bond motifs is 3.